The van der Waals surface area contributed by atoms with Gasteiger partial charge >= 0.3 is 0 Å². The van der Waals surface area contributed by atoms with Gasteiger partial charge in [-0.05, 0) is 30.4 Å². The van der Waals surface area contributed by atoms with Crippen LogP contribution in [0.15, 0.2) is 29.2 Å². The minimum absolute atomic E-state index is 0.0596. The molecule has 0 aliphatic heterocycles. The lowest BCUT2D eigenvalue weighted by atomic mass is 9.88. The molecule has 118 valence electrons. The molecular weight excluding hydrogens is 304 g/mol. The summed E-state index contributed by atoms with van der Waals surface area (Å²) in [6, 6.07) is 7.59. The summed E-state index contributed by atoms with van der Waals surface area (Å²) >= 11 is 1.49. The molecule has 3 N–H and O–H groups in total. The van der Waals surface area contributed by atoms with Crippen molar-refractivity contribution in [2.75, 3.05) is 17.2 Å². The molecule has 2 rings (SSSR count). The number of rotatable bonds is 6. The van der Waals surface area contributed by atoms with E-state index in [9.17, 15) is 8.42 Å². The van der Waals surface area contributed by atoms with Crippen molar-refractivity contribution in [3.8, 4) is 0 Å². The monoisotopic (exact) mass is 328 g/mol. The van der Waals surface area contributed by atoms with E-state index in [1.165, 1.54) is 11.8 Å². The molecule has 1 aromatic carbocycles. The molecule has 0 heterocycles. The van der Waals surface area contributed by atoms with E-state index in [1.54, 1.807) is 0 Å². The highest BCUT2D eigenvalue weighted by atomic mass is 32.2. The van der Waals surface area contributed by atoms with Crippen LogP contribution in [0.5, 0.6) is 0 Å². The Hall–Kier alpha value is -0.720. The van der Waals surface area contributed by atoms with Crippen molar-refractivity contribution in [3.05, 3.63) is 24.3 Å². The Morgan fingerprint density at radius 2 is 2.10 bits per heavy atom. The molecule has 1 aliphatic carbocycles. The van der Waals surface area contributed by atoms with Crippen LogP contribution in [0.3, 0.4) is 0 Å². The highest BCUT2D eigenvalue weighted by Gasteiger charge is 2.36. The maximum atomic E-state index is 12.2. The van der Waals surface area contributed by atoms with Crippen molar-refractivity contribution in [2.24, 2.45) is 5.41 Å². The molecule has 1 fully saturated rings. The molecule has 1 unspecified atom stereocenters. The maximum Gasteiger partial charge on any atom is 0.212 e. The van der Waals surface area contributed by atoms with Gasteiger partial charge in [-0.2, -0.15) is 0 Å². The Balaban J connectivity index is 1.86. The summed E-state index contributed by atoms with van der Waals surface area (Å²) in [6.07, 6.45) is 3.11. The Bertz CT molecular complexity index is 585. The predicted molar refractivity (Wildman–Crippen MR) is 89.9 cm³/mol. The van der Waals surface area contributed by atoms with Gasteiger partial charge in [0.05, 0.1) is 5.75 Å². The summed E-state index contributed by atoms with van der Waals surface area (Å²) in [5.74, 6) is 0.634. The summed E-state index contributed by atoms with van der Waals surface area (Å²) in [4.78, 5) is 0.939. The van der Waals surface area contributed by atoms with Crippen LogP contribution in [-0.4, -0.2) is 26.0 Å². The first kappa shape index (κ1) is 16.6. The van der Waals surface area contributed by atoms with Crippen LogP contribution < -0.4 is 10.5 Å². The van der Waals surface area contributed by atoms with Gasteiger partial charge in [-0.3, -0.25) is 0 Å². The molecule has 6 heteroatoms. The number of anilines is 1. The molecule has 1 atom stereocenters. The quantitative estimate of drug-likeness (QED) is 0.622. The van der Waals surface area contributed by atoms with E-state index >= 15 is 0 Å². The van der Waals surface area contributed by atoms with Gasteiger partial charge < -0.3 is 5.73 Å². The standard InChI is InChI=1S/C15H24N2O2S2/c1-15(2)9-5-8-14(15)17-21(18,19)11-10-20-13-7-4-3-6-12(13)16/h3-4,6-7,14,17H,5,8-11,16H2,1-2H3. The second-order valence-electron chi connectivity index (χ2n) is 6.26. The fraction of sp³-hybridized carbons (Fsp3) is 0.600. The normalized spacial score (nSPS) is 21.5. The van der Waals surface area contributed by atoms with E-state index in [4.69, 9.17) is 5.73 Å². The van der Waals surface area contributed by atoms with Crippen LogP contribution in [0.2, 0.25) is 0 Å². The second-order valence-corrected chi connectivity index (χ2v) is 9.27. The van der Waals surface area contributed by atoms with Gasteiger partial charge in [0.25, 0.3) is 0 Å². The number of para-hydroxylation sites is 1. The Morgan fingerprint density at radius 3 is 2.71 bits per heavy atom. The largest absolute Gasteiger partial charge is 0.398 e. The fourth-order valence-corrected chi connectivity index (χ4v) is 5.52. The predicted octanol–water partition coefficient (Wildman–Crippen LogP) is 2.86. The molecule has 4 nitrogen and oxygen atoms in total. The molecule has 0 bridgehead atoms. The fourth-order valence-electron chi connectivity index (χ4n) is 2.69. The molecule has 1 aromatic rings. The van der Waals surface area contributed by atoms with Crippen molar-refractivity contribution in [2.45, 2.75) is 44.0 Å². The van der Waals surface area contributed by atoms with Gasteiger partial charge in [-0.1, -0.05) is 32.4 Å². The molecule has 1 aliphatic rings. The summed E-state index contributed by atoms with van der Waals surface area (Å²) in [6.45, 7) is 4.26. The van der Waals surface area contributed by atoms with E-state index in [0.717, 1.165) is 24.2 Å². The van der Waals surface area contributed by atoms with Gasteiger partial charge in [0.15, 0.2) is 0 Å². The zero-order chi connectivity index (χ0) is 15.5. The molecule has 0 aromatic heterocycles. The molecule has 0 saturated heterocycles. The highest BCUT2D eigenvalue weighted by molar-refractivity contribution is 8.00. The van der Waals surface area contributed by atoms with Crippen LogP contribution in [0.1, 0.15) is 33.1 Å². The van der Waals surface area contributed by atoms with Gasteiger partial charge in [-0.15, -0.1) is 11.8 Å². The van der Waals surface area contributed by atoms with E-state index < -0.39 is 10.0 Å². The van der Waals surface area contributed by atoms with E-state index in [1.807, 2.05) is 24.3 Å². The smallest absolute Gasteiger partial charge is 0.212 e. The Labute approximate surface area is 131 Å². The third kappa shape index (κ3) is 4.63. The van der Waals surface area contributed by atoms with Crippen LogP contribution in [0.25, 0.3) is 0 Å². The second kappa shape index (κ2) is 6.58. The van der Waals surface area contributed by atoms with Gasteiger partial charge in [-0.25, -0.2) is 13.1 Å². The summed E-state index contributed by atoms with van der Waals surface area (Å²) in [5, 5.41) is 0. The SMILES string of the molecule is CC1(C)CCCC1NS(=O)(=O)CCSc1ccccc1N. The van der Waals surface area contributed by atoms with Gasteiger partial charge in [0, 0.05) is 22.4 Å². The molecular formula is C15H24N2O2S2. The van der Waals surface area contributed by atoms with Gasteiger partial charge in [0.2, 0.25) is 10.0 Å². The third-order valence-corrected chi connectivity index (χ3v) is 6.84. The summed E-state index contributed by atoms with van der Waals surface area (Å²) in [5.41, 5.74) is 6.61. The first-order chi connectivity index (χ1) is 9.80. The van der Waals surface area contributed by atoms with Crippen molar-refractivity contribution in [1.29, 1.82) is 0 Å². The third-order valence-electron chi connectivity index (χ3n) is 4.11. The first-order valence-electron chi connectivity index (χ1n) is 7.27. The molecule has 1 saturated carbocycles. The van der Waals surface area contributed by atoms with Crippen LogP contribution >= 0.6 is 11.8 Å². The molecule has 0 spiro atoms. The van der Waals surface area contributed by atoms with E-state index in [0.29, 0.717) is 11.4 Å². The maximum absolute atomic E-state index is 12.2. The van der Waals surface area contributed by atoms with Gasteiger partial charge in [0.1, 0.15) is 0 Å². The average Bonchev–Trinajstić information content (AvgIpc) is 2.70. The minimum Gasteiger partial charge on any atom is -0.398 e. The van der Waals surface area contributed by atoms with E-state index in [-0.39, 0.29) is 17.2 Å². The minimum atomic E-state index is -3.23. The number of nitrogens with one attached hydrogen (secondary N) is 1. The Morgan fingerprint density at radius 1 is 1.38 bits per heavy atom. The zero-order valence-electron chi connectivity index (χ0n) is 12.6. The first-order valence-corrected chi connectivity index (χ1v) is 9.91. The molecule has 0 amide bonds. The van der Waals surface area contributed by atoms with Crippen LogP contribution in [-0.2, 0) is 10.0 Å². The molecule has 0 radical (unpaired) electrons. The number of hydrogen-bond acceptors (Lipinski definition) is 4. The lowest BCUT2D eigenvalue weighted by Crippen LogP contribution is -2.42. The highest BCUT2D eigenvalue weighted by Crippen LogP contribution is 2.37. The Kier molecular flexibility index (Phi) is 5.22. The number of sulfonamides is 1. The zero-order valence-corrected chi connectivity index (χ0v) is 14.3. The summed E-state index contributed by atoms with van der Waals surface area (Å²) in [7, 11) is -3.23. The lowest BCUT2D eigenvalue weighted by molar-refractivity contribution is 0.313. The van der Waals surface area contributed by atoms with Crippen LogP contribution in [0, 0.1) is 5.41 Å². The summed E-state index contributed by atoms with van der Waals surface area (Å²) < 4.78 is 27.3. The number of hydrogen-bond donors (Lipinski definition) is 2. The van der Waals surface area contributed by atoms with E-state index in [2.05, 4.69) is 18.6 Å². The number of thioether (sulfide) groups is 1. The lowest BCUT2D eigenvalue weighted by Gasteiger charge is -2.27. The number of nitrogens with two attached hydrogens (primary N) is 1. The number of nitrogen functional groups attached to an aromatic ring is 1. The molecule has 21 heavy (non-hydrogen) atoms. The van der Waals surface area contributed by atoms with Crippen molar-refractivity contribution in [1.82, 2.24) is 4.72 Å². The average molecular weight is 329 g/mol. The van der Waals surface area contributed by atoms with Crippen molar-refractivity contribution < 1.29 is 8.42 Å². The topological polar surface area (TPSA) is 72.2 Å². The van der Waals surface area contributed by atoms with Crippen molar-refractivity contribution >= 4 is 27.5 Å². The number of benzene rings is 1. The van der Waals surface area contributed by atoms with Crippen molar-refractivity contribution in [3.63, 3.8) is 0 Å². The van der Waals surface area contributed by atoms with Crippen LogP contribution in [0.4, 0.5) is 5.69 Å².